The number of carboxylic acids is 2. The van der Waals surface area contributed by atoms with Crippen LogP contribution in [0.3, 0.4) is 0 Å². The van der Waals surface area contributed by atoms with E-state index >= 15 is 0 Å². The summed E-state index contributed by atoms with van der Waals surface area (Å²) in [5.41, 5.74) is 0. The van der Waals surface area contributed by atoms with Crippen molar-refractivity contribution in [2.75, 3.05) is 11.5 Å². The fraction of sp³-hybridized carbons (Fsp3) is 0.167. The Morgan fingerprint density at radius 2 is 1.24 bits per heavy atom. The Balaban J connectivity index is 0. The summed E-state index contributed by atoms with van der Waals surface area (Å²) in [6.45, 7) is 6.88. The number of rotatable bonds is 6. The zero-order chi connectivity index (χ0) is 14.8. The van der Waals surface area contributed by atoms with Crippen LogP contribution in [0, 0.1) is 0 Å². The first-order valence-electron chi connectivity index (χ1n) is 5.13. The van der Waals surface area contributed by atoms with Crippen molar-refractivity contribution in [3.05, 3.63) is 46.6 Å². The molecule has 1 aliphatic rings. The summed E-state index contributed by atoms with van der Waals surface area (Å²) >= 11 is 0. The smallest absolute Gasteiger partial charge is 0.872 e. The van der Waals surface area contributed by atoms with Gasteiger partial charge in [0.15, 0.2) is 0 Å². The molecule has 0 radical (unpaired) electrons. The SMILES string of the molecule is C=CCS1(CC=C)C(C(=O)O)=C([O-])C([O-])=C1C(=O)O.[Na+].[Na+]. The molecule has 0 aromatic carbocycles. The summed E-state index contributed by atoms with van der Waals surface area (Å²) in [6, 6.07) is 0. The molecule has 0 aromatic heterocycles. The third-order valence-corrected chi connectivity index (χ3v) is 6.49. The summed E-state index contributed by atoms with van der Waals surface area (Å²) in [6.07, 6.45) is 2.63. The van der Waals surface area contributed by atoms with Gasteiger partial charge in [-0.2, -0.15) is 10.0 Å². The van der Waals surface area contributed by atoms with Crippen LogP contribution in [0.15, 0.2) is 46.6 Å². The van der Waals surface area contributed by atoms with Crippen LogP contribution >= 0.6 is 10.0 Å². The molecule has 0 bridgehead atoms. The van der Waals surface area contributed by atoms with Gasteiger partial charge in [0.1, 0.15) is 0 Å². The summed E-state index contributed by atoms with van der Waals surface area (Å²) in [7, 11) is -2.74. The van der Waals surface area contributed by atoms with E-state index in [1.165, 1.54) is 12.2 Å². The Morgan fingerprint density at radius 1 is 0.952 bits per heavy atom. The average Bonchev–Trinajstić information content (AvgIpc) is 2.48. The van der Waals surface area contributed by atoms with Crippen LogP contribution in [0.25, 0.3) is 0 Å². The van der Waals surface area contributed by atoms with E-state index in [9.17, 15) is 19.8 Å². The number of hydrogen-bond donors (Lipinski definition) is 2. The van der Waals surface area contributed by atoms with Gasteiger partial charge < -0.3 is 20.4 Å². The first-order valence-corrected chi connectivity index (χ1v) is 7.10. The second-order valence-corrected chi connectivity index (χ2v) is 6.97. The molecule has 2 N–H and O–H groups in total. The Labute approximate surface area is 167 Å². The van der Waals surface area contributed by atoms with Gasteiger partial charge in [-0.25, -0.2) is 9.59 Å². The molecule has 1 heterocycles. The molecule has 6 nitrogen and oxygen atoms in total. The normalized spacial score (nSPS) is 17.3. The van der Waals surface area contributed by atoms with Gasteiger partial charge in [0.05, 0.1) is 9.81 Å². The zero-order valence-corrected chi connectivity index (χ0v) is 16.7. The van der Waals surface area contributed by atoms with Crippen LogP contribution in [0.2, 0.25) is 0 Å². The van der Waals surface area contributed by atoms with E-state index in [0.717, 1.165) is 0 Å². The quantitative estimate of drug-likeness (QED) is 0.369. The molecule has 0 unspecified atom stereocenters. The largest absolute Gasteiger partial charge is 1.00 e. The van der Waals surface area contributed by atoms with Gasteiger partial charge in [0, 0.05) is 11.5 Å². The third-order valence-electron chi connectivity index (χ3n) is 2.59. The predicted molar refractivity (Wildman–Crippen MR) is 67.0 cm³/mol. The van der Waals surface area contributed by atoms with Crippen molar-refractivity contribution in [2.45, 2.75) is 0 Å². The molecule has 0 atom stereocenters. The standard InChI is InChI=1S/C12H14O6S.2Na/c1-3-5-19(6-4-2)9(11(15)16)7(13)8(14)10(19)12(17)18;;/h3-4,13-14H,1-2,5-6H2,(H,15,16)(H,17,18);;/q;2*+1/p-2. The van der Waals surface area contributed by atoms with E-state index in [1.54, 1.807) is 0 Å². The topological polar surface area (TPSA) is 121 Å². The Hall–Kier alpha value is -0.150. The van der Waals surface area contributed by atoms with Gasteiger partial charge in [-0.1, -0.05) is 23.7 Å². The maximum atomic E-state index is 11.7. The minimum Gasteiger partial charge on any atom is -0.872 e. The van der Waals surface area contributed by atoms with Crippen LogP contribution in [-0.4, -0.2) is 33.7 Å². The number of carbonyl (C=O) groups is 2. The summed E-state index contributed by atoms with van der Waals surface area (Å²) in [4.78, 5) is 21.2. The molecule has 0 amide bonds. The zero-order valence-electron chi connectivity index (χ0n) is 11.9. The molecular formula is C12H12Na2O6S. The van der Waals surface area contributed by atoms with Crippen molar-refractivity contribution in [3.8, 4) is 0 Å². The van der Waals surface area contributed by atoms with Crippen LogP contribution in [0.5, 0.6) is 0 Å². The average molecular weight is 330 g/mol. The van der Waals surface area contributed by atoms with Crippen molar-refractivity contribution >= 4 is 22.0 Å². The van der Waals surface area contributed by atoms with E-state index in [-0.39, 0.29) is 70.6 Å². The van der Waals surface area contributed by atoms with E-state index in [4.69, 9.17) is 10.2 Å². The summed E-state index contributed by atoms with van der Waals surface area (Å²) in [5, 5.41) is 41.7. The maximum absolute atomic E-state index is 11.7. The molecule has 1 rings (SSSR count). The van der Waals surface area contributed by atoms with Gasteiger partial charge in [-0.3, -0.25) is 0 Å². The van der Waals surface area contributed by atoms with Gasteiger partial charge in [-0.15, -0.1) is 13.2 Å². The molecule has 9 heteroatoms. The molecule has 1 aliphatic heterocycles. The molecule has 0 spiro atoms. The van der Waals surface area contributed by atoms with Crippen molar-refractivity contribution in [2.24, 2.45) is 0 Å². The van der Waals surface area contributed by atoms with E-state index in [2.05, 4.69) is 13.2 Å². The molecule has 0 saturated carbocycles. The third kappa shape index (κ3) is 3.98. The number of hydrogen-bond acceptors (Lipinski definition) is 4. The Kier molecular flexibility index (Phi) is 10.0. The van der Waals surface area contributed by atoms with E-state index in [1.807, 2.05) is 0 Å². The van der Waals surface area contributed by atoms with Crippen LogP contribution < -0.4 is 69.3 Å². The molecule has 0 fully saturated rings. The minimum atomic E-state index is -2.74. The molecule has 104 valence electrons. The van der Waals surface area contributed by atoms with Gasteiger partial charge >= 0.3 is 71.1 Å². The number of carboxylic acid groups (broad SMARTS) is 2. The first-order chi connectivity index (χ1) is 8.83. The fourth-order valence-electron chi connectivity index (χ4n) is 2.00. The molecular weight excluding hydrogens is 318 g/mol. The maximum Gasteiger partial charge on any atom is 1.00 e. The molecule has 21 heavy (non-hydrogen) atoms. The number of aliphatic carboxylic acids is 2. The van der Waals surface area contributed by atoms with Crippen molar-refractivity contribution < 1.29 is 89.1 Å². The second-order valence-electron chi connectivity index (χ2n) is 3.72. The Morgan fingerprint density at radius 3 is 1.43 bits per heavy atom. The van der Waals surface area contributed by atoms with Crippen LogP contribution in [0.1, 0.15) is 0 Å². The molecule has 0 aromatic rings. The van der Waals surface area contributed by atoms with Crippen LogP contribution in [-0.2, 0) is 9.59 Å². The minimum absolute atomic E-state index is 0. The Bertz CT molecular complexity index is 490. The molecule has 0 saturated heterocycles. The van der Waals surface area contributed by atoms with Crippen LogP contribution in [0.4, 0.5) is 0 Å². The first kappa shape index (κ1) is 23.1. The second kappa shape index (κ2) is 9.09. The summed E-state index contributed by atoms with van der Waals surface area (Å²) in [5.74, 6) is -5.73. The van der Waals surface area contributed by atoms with Crippen molar-refractivity contribution in [1.82, 2.24) is 0 Å². The van der Waals surface area contributed by atoms with Crippen molar-refractivity contribution in [3.63, 3.8) is 0 Å². The van der Waals surface area contributed by atoms with E-state index < -0.39 is 43.3 Å². The van der Waals surface area contributed by atoms with E-state index in [0.29, 0.717) is 0 Å². The fourth-order valence-corrected chi connectivity index (χ4v) is 5.37. The van der Waals surface area contributed by atoms with Gasteiger partial charge in [0.25, 0.3) is 0 Å². The van der Waals surface area contributed by atoms with Gasteiger partial charge in [0.2, 0.25) is 0 Å². The predicted octanol–water partition coefficient (Wildman–Crippen LogP) is -6.50. The summed E-state index contributed by atoms with van der Waals surface area (Å²) < 4.78 is 0. The molecule has 0 aliphatic carbocycles. The van der Waals surface area contributed by atoms with Crippen molar-refractivity contribution in [1.29, 1.82) is 0 Å². The van der Waals surface area contributed by atoms with Gasteiger partial charge in [-0.05, 0) is 0 Å². The monoisotopic (exact) mass is 330 g/mol.